The quantitative estimate of drug-likeness (QED) is 0.424. The molecule has 2 aromatic carbocycles. The Hall–Kier alpha value is -2.07. The zero-order valence-electron chi connectivity index (χ0n) is 15.1. The molecule has 0 radical (unpaired) electrons. The monoisotopic (exact) mass is 460 g/mol. The molecule has 1 unspecified atom stereocenters. The van der Waals surface area contributed by atoms with Gasteiger partial charge in [0.15, 0.2) is 5.96 Å². The molecule has 3 rings (SSSR count). The van der Waals surface area contributed by atoms with Crippen LogP contribution in [0.4, 0.5) is 0 Å². The van der Waals surface area contributed by atoms with Crippen molar-refractivity contribution in [3.05, 3.63) is 71.3 Å². The van der Waals surface area contributed by atoms with E-state index in [0.717, 1.165) is 37.6 Å². The molecule has 0 aromatic heterocycles. The summed E-state index contributed by atoms with van der Waals surface area (Å²) in [7, 11) is 0. The van der Waals surface area contributed by atoms with Crippen molar-refractivity contribution in [2.75, 3.05) is 19.6 Å². The molecule has 0 bridgehead atoms. The molecule has 0 amide bonds. The molecule has 4 nitrogen and oxygen atoms in total. The van der Waals surface area contributed by atoms with Gasteiger partial charge >= 0.3 is 0 Å². The van der Waals surface area contributed by atoms with Crippen LogP contribution in [0.25, 0.3) is 0 Å². The van der Waals surface area contributed by atoms with Crippen molar-refractivity contribution in [1.82, 2.24) is 10.2 Å². The Bertz CT molecular complexity index is 767. The van der Waals surface area contributed by atoms with Crippen LogP contribution in [0.2, 0.25) is 0 Å². The van der Waals surface area contributed by atoms with E-state index in [2.05, 4.69) is 53.5 Å². The molecule has 136 valence electrons. The van der Waals surface area contributed by atoms with Gasteiger partial charge in [-0.2, -0.15) is 5.26 Å². The molecule has 2 aromatic rings. The largest absolute Gasteiger partial charge is 0.357 e. The number of nitrogens with zero attached hydrogens (tertiary/aromatic N) is 3. The Kier molecular flexibility index (Phi) is 7.92. The SMILES string of the molecule is CCNC(=NCc1cccc(C#N)c1)N1CCC(c2ccccc2)C1.I. The van der Waals surface area contributed by atoms with Crippen LogP contribution in [-0.4, -0.2) is 30.5 Å². The second-order valence-electron chi connectivity index (χ2n) is 6.32. The van der Waals surface area contributed by atoms with Crippen molar-refractivity contribution in [1.29, 1.82) is 5.26 Å². The summed E-state index contributed by atoms with van der Waals surface area (Å²) in [5.41, 5.74) is 3.15. The Morgan fingerprint density at radius 1 is 1.23 bits per heavy atom. The van der Waals surface area contributed by atoms with Crippen LogP contribution in [0.5, 0.6) is 0 Å². The van der Waals surface area contributed by atoms with Crippen molar-refractivity contribution >= 4 is 29.9 Å². The Morgan fingerprint density at radius 2 is 2.04 bits per heavy atom. The minimum absolute atomic E-state index is 0. The topological polar surface area (TPSA) is 51.4 Å². The van der Waals surface area contributed by atoms with Crippen molar-refractivity contribution in [3.63, 3.8) is 0 Å². The summed E-state index contributed by atoms with van der Waals surface area (Å²) in [6, 6.07) is 20.6. The van der Waals surface area contributed by atoms with E-state index < -0.39 is 0 Å². The molecule has 1 heterocycles. The van der Waals surface area contributed by atoms with E-state index in [1.165, 1.54) is 5.56 Å². The summed E-state index contributed by atoms with van der Waals surface area (Å²) >= 11 is 0. The number of rotatable bonds is 4. The number of nitrogens with one attached hydrogen (secondary N) is 1. The lowest BCUT2D eigenvalue weighted by atomic mass is 9.99. The maximum absolute atomic E-state index is 9.03. The highest BCUT2D eigenvalue weighted by atomic mass is 127. The maximum Gasteiger partial charge on any atom is 0.194 e. The molecule has 1 N–H and O–H groups in total. The van der Waals surface area contributed by atoms with Gasteiger partial charge < -0.3 is 10.2 Å². The summed E-state index contributed by atoms with van der Waals surface area (Å²) in [6.45, 7) is 5.54. The summed E-state index contributed by atoms with van der Waals surface area (Å²) in [6.07, 6.45) is 1.15. The zero-order chi connectivity index (χ0) is 17.5. The smallest absolute Gasteiger partial charge is 0.194 e. The van der Waals surface area contributed by atoms with Crippen LogP contribution in [0.3, 0.4) is 0 Å². The normalized spacial score (nSPS) is 16.7. The molecule has 1 aliphatic heterocycles. The van der Waals surface area contributed by atoms with Crippen molar-refractivity contribution in [3.8, 4) is 6.07 Å². The van der Waals surface area contributed by atoms with Gasteiger partial charge in [-0.1, -0.05) is 42.5 Å². The fourth-order valence-corrected chi connectivity index (χ4v) is 3.28. The third kappa shape index (κ3) is 5.21. The van der Waals surface area contributed by atoms with Gasteiger partial charge in [-0.3, -0.25) is 0 Å². The summed E-state index contributed by atoms with van der Waals surface area (Å²) in [5, 5.41) is 12.4. The average Bonchev–Trinajstić information content (AvgIpc) is 3.16. The fourth-order valence-electron chi connectivity index (χ4n) is 3.28. The molecular formula is C21H25IN4. The van der Waals surface area contributed by atoms with E-state index in [9.17, 15) is 0 Å². The van der Waals surface area contributed by atoms with E-state index in [1.807, 2.05) is 24.3 Å². The molecule has 1 saturated heterocycles. The van der Waals surface area contributed by atoms with E-state index in [4.69, 9.17) is 10.3 Å². The number of hydrogen-bond acceptors (Lipinski definition) is 2. The van der Waals surface area contributed by atoms with Gasteiger partial charge in [0.1, 0.15) is 0 Å². The fraction of sp³-hybridized carbons (Fsp3) is 0.333. The van der Waals surface area contributed by atoms with Crippen LogP contribution < -0.4 is 5.32 Å². The highest BCUT2D eigenvalue weighted by Gasteiger charge is 2.25. The first-order chi connectivity index (χ1) is 12.3. The number of nitriles is 1. The lowest BCUT2D eigenvalue weighted by Crippen LogP contribution is -2.40. The third-order valence-electron chi connectivity index (χ3n) is 4.56. The molecule has 1 atom stereocenters. The van der Waals surface area contributed by atoms with Crippen LogP contribution in [0.15, 0.2) is 59.6 Å². The number of guanidine groups is 1. The number of halogens is 1. The highest BCUT2D eigenvalue weighted by molar-refractivity contribution is 14.0. The van der Waals surface area contributed by atoms with Crippen LogP contribution >= 0.6 is 24.0 Å². The molecular weight excluding hydrogens is 435 g/mol. The lowest BCUT2D eigenvalue weighted by molar-refractivity contribution is 0.486. The maximum atomic E-state index is 9.03. The molecule has 0 saturated carbocycles. The standard InChI is InChI=1S/C21H24N4.HI/c1-2-23-21(24-15-18-8-6-7-17(13-18)14-22)25-12-11-20(16-25)19-9-4-3-5-10-19;/h3-10,13,20H,2,11-12,15-16H2,1H3,(H,23,24);1H. The summed E-state index contributed by atoms with van der Waals surface area (Å²) < 4.78 is 0. The molecule has 26 heavy (non-hydrogen) atoms. The van der Waals surface area contributed by atoms with E-state index in [-0.39, 0.29) is 24.0 Å². The molecule has 0 aliphatic carbocycles. The number of benzene rings is 2. The molecule has 1 aliphatic rings. The first kappa shape index (κ1) is 20.2. The average molecular weight is 460 g/mol. The van der Waals surface area contributed by atoms with E-state index in [1.54, 1.807) is 0 Å². The molecule has 5 heteroatoms. The zero-order valence-corrected chi connectivity index (χ0v) is 17.4. The van der Waals surface area contributed by atoms with Crippen LogP contribution in [0, 0.1) is 11.3 Å². The predicted octanol–water partition coefficient (Wildman–Crippen LogP) is 4.13. The summed E-state index contributed by atoms with van der Waals surface area (Å²) in [5.74, 6) is 1.52. The predicted molar refractivity (Wildman–Crippen MR) is 117 cm³/mol. The Labute approximate surface area is 173 Å². The highest BCUT2D eigenvalue weighted by Crippen LogP contribution is 2.26. The minimum atomic E-state index is 0. The lowest BCUT2D eigenvalue weighted by Gasteiger charge is -2.21. The van der Waals surface area contributed by atoms with Crippen LogP contribution in [-0.2, 0) is 6.54 Å². The van der Waals surface area contributed by atoms with Crippen molar-refractivity contribution in [2.24, 2.45) is 4.99 Å². The first-order valence-corrected chi connectivity index (χ1v) is 8.87. The number of hydrogen-bond donors (Lipinski definition) is 1. The van der Waals surface area contributed by atoms with Crippen molar-refractivity contribution in [2.45, 2.75) is 25.8 Å². The second-order valence-corrected chi connectivity index (χ2v) is 6.32. The third-order valence-corrected chi connectivity index (χ3v) is 4.56. The molecule has 0 spiro atoms. The minimum Gasteiger partial charge on any atom is -0.357 e. The van der Waals surface area contributed by atoms with Gasteiger partial charge in [0.2, 0.25) is 0 Å². The van der Waals surface area contributed by atoms with Gasteiger partial charge in [-0.25, -0.2) is 4.99 Å². The van der Waals surface area contributed by atoms with Gasteiger partial charge in [0.25, 0.3) is 0 Å². The Balaban J connectivity index is 0.00000243. The number of aliphatic imine (C=N–C) groups is 1. The summed E-state index contributed by atoms with van der Waals surface area (Å²) in [4.78, 5) is 7.13. The van der Waals surface area contributed by atoms with Gasteiger partial charge in [0, 0.05) is 25.6 Å². The van der Waals surface area contributed by atoms with Gasteiger partial charge in [0.05, 0.1) is 18.2 Å². The van der Waals surface area contributed by atoms with Crippen molar-refractivity contribution < 1.29 is 0 Å². The van der Waals surface area contributed by atoms with Crippen LogP contribution in [0.1, 0.15) is 36.0 Å². The number of likely N-dealkylation sites (tertiary alicyclic amines) is 1. The Morgan fingerprint density at radius 3 is 2.77 bits per heavy atom. The van der Waals surface area contributed by atoms with E-state index in [0.29, 0.717) is 18.0 Å². The van der Waals surface area contributed by atoms with Gasteiger partial charge in [-0.15, -0.1) is 24.0 Å². The second kappa shape index (κ2) is 10.2. The van der Waals surface area contributed by atoms with E-state index >= 15 is 0 Å². The first-order valence-electron chi connectivity index (χ1n) is 8.87. The van der Waals surface area contributed by atoms with Gasteiger partial charge in [-0.05, 0) is 36.6 Å². The molecule has 1 fully saturated rings.